The SMILES string of the molecule is CCCCCC1CCC(C(C)[C@H]2CC[C@H](c3cc(F)c(C#N)c(F)c3)CC2)CC1. The van der Waals surface area contributed by atoms with E-state index >= 15 is 0 Å². The maximum atomic E-state index is 14.0. The van der Waals surface area contributed by atoms with E-state index < -0.39 is 17.2 Å². The molecule has 0 amide bonds. The Bertz CT molecular complexity index is 668. The Labute approximate surface area is 175 Å². The molecular weight excluding hydrogens is 364 g/mol. The molecule has 2 aliphatic rings. The number of hydrogen-bond donors (Lipinski definition) is 0. The molecule has 0 spiro atoms. The fraction of sp³-hybridized carbons (Fsp3) is 0.731. The Morgan fingerprint density at radius 1 is 0.931 bits per heavy atom. The molecule has 0 aromatic heterocycles. The third-order valence-corrected chi connectivity index (χ3v) is 8.01. The van der Waals surface area contributed by atoms with Gasteiger partial charge in [-0.05, 0) is 85.8 Å². The largest absolute Gasteiger partial charge is 0.205 e. The van der Waals surface area contributed by atoms with Crippen LogP contribution in [0, 0.1) is 46.6 Å². The van der Waals surface area contributed by atoms with Crippen LogP contribution in [0.1, 0.15) is 108 Å². The van der Waals surface area contributed by atoms with Gasteiger partial charge in [-0.1, -0.05) is 52.4 Å². The minimum Gasteiger partial charge on any atom is -0.205 e. The number of nitrogens with zero attached hydrogens (tertiary/aromatic N) is 1. The van der Waals surface area contributed by atoms with Crippen LogP contribution < -0.4 is 0 Å². The van der Waals surface area contributed by atoms with Crippen LogP contribution in [0.15, 0.2) is 12.1 Å². The topological polar surface area (TPSA) is 23.8 Å². The van der Waals surface area contributed by atoms with Gasteiger partial charge in [-0.15, -0.1) is 0 Å². The first-order valence-corrected chi connectivity index (χ1v) is 11.9. The maximum absolute atomic E-state index is 14.0. The van der Waals surface area contributed by atoms with Gasteiger partial charge in [0, 0.05) is 0 Å². The van der Waals surface area contributed by atoms with Gasteiger partial charge in [-0.3, -0.25) is 0 Å². The fourth-order valence-corrected chi connectivity index (χ4v) is 5.98. The summed E-state index contributed by atoms with van der Waals surface area (Å²) in [5, 5.41) is 8.86. The van der Waals surface area contributed by atoms with Gasteiger partial charge in [0.05, 0.1) is 0 Å². The van der Waals surface area contributed by atoms with Crippen LogP contribution in [0.25, 0.3) is 0 Å². The summed E-state index contributed by atoms with van der Waals surface area (Å²) >= 11 is 0. The van der Waals surface area contributed by atoms with Crippen LogP contribution >= 0.6 is 0 Å². The van der Waals surface area contributed by atoms with Crippen molar-refractivity contribution < 1.29 is 8.78 Å². The molecule has 1 unspecified atom stereocenters. The van der Waals surface area contributed by atoms with Crippen LogP contribution in [-0.4, -0.2) is 0 Å². The van der Waals surface area contributed by atoms with E-state index in [1.807, 2.05) is 0 Å². The smallest absolute Gasteiger partial charge is 0.144 e. The first-order valence-electron chi connectivity index (χ1n) is 11.9. The van der Waals surface area contributed by atoms with E-state index in [2.05, 4.69) is 13.8 Å². The van der Waals surface area contributed by atoms with E-state index in [9.17, 15) is 8.78 Å². The van der Waals surface area contributed by atoms with Crippen molar-refractivity contribution in [3.05, 3.63) is 34.9 Å². The van der Waals surface area contributed by atoms with Gasteiger partial charge in [0.15, 0.2) is 0 Å². The van der Waals surface area contributed by atoms with Gasteiger partial charge < -0.3 is 0 Å². The lowest BCUT2D eigenvalue weighted by molar-refractivity contribution is 0.131. The van der Waals surface area contributed by atoms with Crippen LogP contribution in [0.4, 0.5) is 8.78 Å². The highest BCUT2D eigenvalue weighted by molar-refractivity contribution is 5.36. The lowest BCUT2D eigenvalue weighted by atomic mass is 9.66. The number of unbranched alkanes of at least 4 members (excludes halogenated alkanes) is 2. The lowest BCUT2D eigenvalue weighted by Gasteiger charge is -2.39. The molecule has 0 aliphatic heterocycles. The van der Waals surface area contributed by atoms with E-state index in [1.54, 1.807) is 6.07 Å². The van der Waals surface area contributed by atoms with Gasteiger partial charge in [0.25, 0.3) is 0 Å². The second-order valence-electron chi connectivity index (χ2n) is 9.72. The summed E-state index contributed by atoms with van der Waals surface area (Å²) in [6, 6.07) is 4.39. The summed E-state index contributed by atoms with van der Waals surface area (Å²) in [7, 11) is 0. The molecule has 3 rings (SSSR count). The zero-order valence-electron chi connectivity index (χ0n) is 18.2. The molecule has 0 N–H and O–H groups in total. The predicted octanol–water partition coefficient (Wildman–Crippen LogP) is 8.13. The first kappa shape index (κ1) is 22.3. The van der Waals surface area contributed by atoms with Gasteiger partial charge >= 0.3 is 0 Å². The van der Waals surface area contributed by atoms with Crippen LogP contribution in [0.2, 0.25) is 0 Å². The summed E-state index contributed by atoms with van der Waals surface area (Å²) in [6.07, 6.45) is 15.5. The first-order chi connectivity index (χ1) is 14.0. The molecule has 3 heteroatoms. The molecule has 2 aliphatic carbocycles. The molecule has 160 valence electrons. The van der Waals surface area contributed by atoms with E-state index in [1.165, 1.54) is 63.5 Å². The summed E-state index contributed by atoms with van der Waals surface area (Å²) in [6.45, 7) is 4.73. The number of halogens is 2. The molecular formula is C26H37F2N. The van der Waals surface area contributed by atoms with Crippen molar-refractivity contribution >= 4 is 0 Å². The molecule has 29 heavy (non-hydrogen) atoms. The zero-order chi connectivity index (χ0) is 20.8. The molecule has 1 atom stereocenters. The van der Waals surface area contributed by atoms with Gasteiger partial charge in [-0.2, -0.15) is 5.26 Å². The highest BCUT2D eigenvalue weighted by atomic mass is 19.1. The Balaban J connectivity index is 1.48. The van der Waals surface area contributed by atoms with Crippen molar-refractivity contribution in [3.8, 4) is 6.07 Å². The second-order valence-corrected chi connectivity index (χ2v) is 9.72. The highest BCUT2D eigenvalue weighted by Gasteiger charge is 2.33. The zero-order valence-corrected chi connectivity index (χ0v) is 18.2. The van der Waals surface area contributed by atoms with Gasteiger partial charge in [-0.25, -0.2) is 8.78 Å². The van der Waals surface area contributed by atoms with E-state index in [-0.39, 0.29) is 5.92 Å². The number of nitriles is 1. The molecule has 1 nitrogen and oxygen atoms in total. The van der Waals surface area contributed by atoms with Crippen molar-refractivity contribution in [3.63, 3.8) is 0 Å². The third kappa shape index (κ3) is 5.59. The lowest BCUT2D eigenvalue weighted by Crippen LogP contribution is -2.28. The monoisotopic (exact) mass is 401 g/mol. The molecule has 1 aromatic carbocycles. The summed E-state index contributed by atoms with van der Waals surface area (Å²) < 4.78 is 28.0. The Hall–Kier alpha value is -1.43. The maximum Gasteiger partial charge on any atom is 0.144 e. The quantitative estimate of drug-likeness (QED) is 0.423. The Kier molecular flexibility index (Phi) is 8.10. The molecule has 2 fully saturated rings. The molecule has 2 saturated carbocycles. The minimum atomic E-state index is -0.714. The highest BCUT2D eigenvalue weighted by Crippen LogP contribution is 2.45. The summed E-state index contributed by atoms with van der Waals surface area (Å²) in [5.41, 5.74) is 0.277. The van der Waals surface area contributed by atoms with Crippen LogP contribution in [0.3, 0.4) is 0 Å². The molecule has 0 bridgehead atoms. The number of hydrogen-bond acceptors (Lipinski definition) is 1. The van der Waals surface area contributed by atoms with E-state index in [0.717, 1.165) is 54.9 Å². The standard InChI is InChI=1S/C26H37F2N/c1-3-4-5-6-19-7-9-20(10-8-19)18(2)21-11-13-22(14-12-21)23-15-25(27)24(17-29)26(28)16-23/h15-16,18-22H,3-14H2,1-2H3/t18?,19?,20?,21-,22-. The Morgan fingerprint density at radius 2 is 1.48 bits per heavy atom. The molecule has 1 aromatic rings. The van der Waals surface area contributed by atoms with Crippen molar-refractivity contribution in [1.29, 1.82) is 5.26 Å². The van der Waals surface area contributed by atoms with E-state index in [4.69, 9.17) is 5.26 Å². The van der Waals surface area contributed by atoms with Crippen molar-refractivity contribution in [2.24, 2.45) is 23.7 Å². The normalized spacial score (nSPS) is 28.7. The van der Waals surface area contributed by atoms with E-state index in [0.29, 0.717) is 0 Å². The average molecular weight is 402 g/mol. The number of benzene rings is 1. The van der Waals surface area contributed by atoms with Gasteiger partial charge in [0.1, 0.15) is 23.3 Å². The fourth-order valence-electron chi connectivity index (χ4n) is 5.98. The molecule has 0 heterocycles. The number of rotatable bonds is 7. The predicted molar refractivity (Wildman–Crippen MR) is 115 cm³/mol. The summed E-state index contributed by atoms with van der Waals surface area (Å²) in [5.74, 6) is 2.14. The third-order valence-electron chi connectivity index (χ3n) is 8.01. The van der Waals surface area contributed by atoms with Gasteiger partial charge in [0.2, 0.25) is 0 Å². The van der Waals surface area contributed by atoms with Crippen molar-refractivity contribution in [2.75, 3.05) is 0 Å². The van der Waals surface area contributed by atoms with Crippen molar-refractivity contribution in [2.45, 2.75) is 96.8 Å². The molecule has 0 radical (unpaired) electrons. The molecule has 0 saturated heterocycles. The average Bonchev–Trinajstić information content (AvgIpc) is 2.74. The Morgan fingerprint density at radius 3 is 2.00 bits per heavy atom. The minimum absolute atomic E-state index is 0.226. The second kappa shape index (κ2) is 10.6. The van der Waals surface area contributed by atoms with Crippen molar-refractivity contribution in [1.82, 2.24) is 0 Å². The summed E-state index contributed by atoms with van der Waals surface area (Å²) in [4.78, 5) is 0. The van der Waals surface area contributed by atoms with Crippen LogP contribution in [-0.2, 0) is 0 Å². The van der Waals surface area contributed by atoms with Crippen LogP contribution in [0.5, 0.6) is 0 Å².